The van der Waals surface area contributed by atoms with E-state index < -0.39 is 33.0 Å². The second-order valence-corrected chi connectivity index (χ2v) is 5.86. The summed E-state index contributed by atoms with van der Waals surface area (Å²) < 4.78 is 8.99. The minimum Gasteiger partial charge on any atom is -0.468 e. The van der Waals surface area contributed by atoms with Crippen LogP contribution in [0.3, 0.4) is 0 Å². The monoisotopic (exact) mass is 290 g/mol. The van der Waals surface area contributed by atoms with Gasteiger partial charge in [0, 0.05) is 0 Å². The molecule has 0 aliphatic rings. The summed E-state index contributed by atoms with van der Waals surface area (Å²) in [6, 6.07) is 0. The highest BCUT2D eigenvalue weighted by atomic mass is 32.2. The van der Waals surface area contributed by atoms with Crippen LogP contribution in [-0.4, -0.2) is 36.4 Å². The van der Waals surface area contributed by atoms with Crippen molar-refractivity contribution in [1.82, 2.24) is 0 Å². The number of esters is 2. The van der Waals surface area contributed by atoms with Crippen LogP contribution < -0.4 is 0 Å². The average molecular weight is 290 g/mol. The molecule has 0 aromatic heterocycles. The third kappa shape index (κ3) is 3.79. The van der Waals surface area contributed by atoms with E-state index >= 15 is 0 Å². The number of methoxy groups -OCH3 is 2. The Morgan fingerprint density at radius 1 is 0.737 bits per heavy atom. The second kappa shape index (κ2) is 6.18. The summed E-state index contributed by atoms with van der Waals surface area (Å²) in [4.78, 5) is 46.7. The zero-order valence-corrected chi connectivity index (χ0v) is 12.7. The molecule has 19 heavy (non-hydrogen) atoms. The maximum Gasteiger partial charge on any atom is 0.319 e. The van der Waals surface area contributed by atoms with Crippen LogP contribution in [0.5, 0.6) is 0 Å². The van der Waals surface area contributed by atoms with Gasteiger partial charge < -0.3 is 9.47 Å². The highest BCUT2D eigenvalue weighted by Gasteiger charge is 2.44. The lowest BCUT2D eigenvalue weighted by molar-refractivity contribution is -0.153. The molecule has 0 aliphatic carbocycles. The molecule has 0 atom stereocenters. The van der Waals surface area contributed by atoms with Crippen molar-refractivity contribution in [2.45, 2.75) is 27.7 Å². The Kier molecular flexibility index (Phi) is 5.74. The van der Waals surface area contributed by atoms with Gasteiger partial charge in [-0.25, -0.2) is 0 Å². The van der Waals surface area contributed by atoms with Crippen molar-refractivity contribution in [1.29, 1.82) is 0 Å². The Labute approximate surface area is 116 Å². The normalized spacial score (nSPS) is 11.7. The van der Waals surface area contributed by atoms with E-state index in [2.05, 4.69) is 9.47 Å². The lowest BCUT2D eigenvalue weighted by atomic mass is 9.95. The Morgan fingerprint density at radius 3 is 1.21 bits per heavy atom. The third-order valence-corrected chi connectivity index (χ3v) is 3.99. The van der Waals surface area contributed by atoms with Gasteiger partial charge in [0.1, 0.15) is 10.8 Å². The zero-order chi connectivity index (χ0) is 15.4. The topological polar surface area (TPSA) is 86.7 Å². The van der Waals surface area contributed by atoms with E-state index in [-0.39, 0.29) is 0 Å². The summed E-state index contributed by atoms with van der Waals surface area (Å²) in [7, 11) is 2.31. The Balaban J connectivity index is 4.98. The Bertz CT molecular complexity index is 372. The summed E-state index contributed by atoms with van der Waals surface area (Å²) in [5, 5.41) is -1.36. The molecule has 0 unspecified atom stereocenters. The first-order chi connectivity index (χ1) is 8.51. The molecule has 108 valence electrons. The maximum atomic E-state index is 11.9. The highest BCUT2D eigenvalue weighted by molar-refractivity contribution is 8.26. The Morgan fingerprint density at radius 2 is 1.00 bits per heavy atom. The van der Waals surface area contributed by atoms with Crippen LogP contribution in [0.2, 0.25) is 0 Å². The van der Waals surface area contributed by atoms with Crippen molar-refractivity contribution in [3.8, 4) is 0 Å². The quantitative estimate of drug-likeness (QED) is 0.567. The minimum absolute atomic E-state index is 0.321. The molecule has 0 aliphatic heterocycles. The summed E-state index contributed by atoms with van der Waals surface area (Å²) in [5.41, 5.74) is -2.91. The van der Waals surface area contributed by atoms with Crippen LogP contribution in [-0.2, 0) is 28.7 Å². The number of hydrogen-bond acceptors (Lipinski definition) is 7. The fraction of sp³-hybridized carbons (Fsp3) is 0.667. The van der Waals surface area contributed by atoms with Gasteiger partial charge in [0.05, 0.1) is 14.2 Å². The molecule has 0 rings (SSSR count). The lowest BCUT2D eigenvalue weighted by Crippen LogP contribution is -2.37. The predicted molar refractivity (Wildman–Crippen MR) is 69.2 cm³/mol. The van der Waals surface area contributed by atoms with E-state index in [1.54, 1.807) is 0 Å². The van der Waals surface area contributed by atoms with Crippen LogP contribution in [0.25, 0.3) is 0 Å². The molecule has 6 nitrogen and oxygen atoms in total. The standard InChI is InChI=1S/C12H18O6S/c1-11(2,7(13)17-5)9(15)19-10(16)12(3,4)8(14)18-6/h1-6H3. The minimum atomic E-state index is -1.46. The van der Waals surface area contributed by atoms with E-state index in [1.807, 2.05) is 0 Å². The molecular weight excluding hydrogens is 272 g/mol. The number of rotatable bonds is 4. The van der Waals surface area contributed by atoms with E-state index in [0.717, 1.165) is 14.2 Å². The molecule has 0 radical (unpaired) electrons. The summed E-state index contributed by atoms with van der Waals surface area (Å²) in [5.74, 6) is -1.48. The fourth-order valence-corrected chi connectivity index (χ4v) is 1.86. The molecular formula is C12H18O6S. The first-order valence-corrected chi connectivity index (χ1v) is 6.27. The van der Waals surface area contributed by atoms with Gasteiger partial charge in [-0.05, 0) is 39.5 Å². The molecule has 0 aromatic carbocycles. The average Bonchev–Trinajstić information content (AvgIpc) is 2.35. The molecule has 0 heterocycles. The summed E-state index contributed by atoms with van der Waals surface area (Å²) in [6.45, 7) is 5.42. The number of ether oxygens (including phenoxy) is 2. The van der Waals surface area contributed by atoms with Crippen molar-refractivity contribution in [2.75, 3.05) is 14.2 Å². The first kappa shape index (κ1) is 17.6. The van der Waals surface area contributed by atoms with E-state index in [4.69, 9.17) is 0 Å². The van der Waals surface area contributed by atoms with Gasteiger partial charge in [-0.2, -0.15) is 0 Å². The van der Waals surface area contributed by atoms with Gasteiger partial charge in [0.2, 0.25) is 10.2 Å². The number of carbonyl (C=O) groups excluding carboxylic acids is 4. The highest BCUT2D eigenvalue weighted by Crippen LogP contribution is 2.32. The van der Waals surface area contributed by atoms with Crippen molar-refractivity contribution in [3.05, 3.63) is 0 Å². The van der Waals surface area contributed by atoms with Gasteiger partial charge in [0.15, 0.2) is 0 Å². The van der Waals surface area contributed by atoms with Gasteiger partial charge >= 0.3 is 11.9 Å². The van der Waals surface area contributed by atoms with Crippen LogP contribution >= 0.6 is 11.8 Å². The van der Waals surface area contributed by atoms with Crippen molar-refractivity contribution < 1.29 is 28.7 Å². The van der Waals surface area contributed by atoms with E-state index in [0.29, 0.717) is 11.8 Å². The summed E-state index contributed by atoms with van der Waals surface area (Å²) in [6.07, 6.45) is 0. The fourth-order valence-electron chi connectivity index (χ4n) is 1.02. The summed E-state index contributed by atoms with van der Waals surface area (Å²) >= 11 is 0.321. The zero-order valence-electron chi connectivity index (χ0n) is 11.9. The molecule has 0 N–H and O–H groups in total. The smallest absolute Gasteiger partial charge is 0.319 e. The van der Waals surface area contributed by atoms with E-state index in [9.17, 15) is 19.2 Å². The van der Waals surface area contributed by atoms with Crippen LogP contribution in [0, 0.1) is 10.8 Å². The molecule has 0 saturated carbocycles. The number of hydrogen-bond donors (Lipinski definition) is 0. The van der Waals surface area contributed by atoms with Crippen LogP contribution in [0.1, 0.15) is 27.7 Å². The SMILES string of the molecule is COC(=O)C(C)(C)C(=O)SC(=O)C(C)(C)C(=O)OC. The number of thioether (sulfide) groups is 1. The Hall–Kier alpha value is -1.37. The van der Waals surface area contributed by atoms with Gasteiger partial charge in [0.25, 0.3) is 0 Å². The third-order valence-electron chi connectivity index (χ3n) is 2.60. The van der Waals surface area contributed by atoms with Crippen molar-refractivity contribution in [3.63, 3.8) is 0 Å². The molecule has 0 bridgehead atoms. The second-order valence-electron chi connectivity index (χ2n) is 4.91. The molecule has 0 aromatic rings. The molecule has 0 spiro atoms. The first-order valence-electron chi connectivity index (χ1n) is 5.45. The lowest BCUT2D eigenvalue weighted by Gasteiger charge is -2.22. The van der Waals surface area contributed by atoms with E-state index in [1.165, 1.54) is 27.7 Å². The predicted octanol–water partition coefficient (Wildman–Crippen LogP) is 1.17. The van der Waals surface area contributed by atoms with Gasteiger partial charge in [-0.1, -0.05) is 0 Å². The van der Waals surface area contributed by atoms with Crippen LogP contribution in [0.4, 0.5) is 0 Å². The van der Waals surface area contributed by atoms with Gasteiger partial charge in [-0.3, -0.25) is 19.2 Å². The number of carbonyl (C=O) groups is 4. The molecule has 0 amide bonds. The van der Waals surface area contributed by atoms with Crippen molar-refractivity contribution >= 4 is 33.9 Å². The van der Waals surface area contributed by atoms with Gasteiger partial charge in [-0.15, -0.1) is 0 Å². The van der Waals surface area contributed by atoms with Crippen LogP contribution in [0.15, 0.2) is 0 Å². The maximum absolute atomic E-state index is 11.9. The van der Waals surface area contributed by atoms with Crippen molar-refractivity contribution in [2.24, 2.45) is 10.8 Å². The molecule has 7 heteroatoms. The molecule has 0 fully saturated rings. The molecule has 0 saturated heterocycles. The largest absolute Gasteiger partial charge is 0.468 e.